The van der Waals surface area contributed by atoms with Crippen LogP contribution in [0.25, 0.3) is 0 Å². The summed E-state index contributed by atoms with van der Waals surface area (Å²) in [5, 5.41) is 14.6. The van der Waals surface area contributed by atoms with Crippen LogP contribution in [0.2, 0.25) is 5.02 Å². The summed E-state index contributed by atoms with van der Waals surface area (Å²) in [6.45, 7) is 1.16. The maximum atomic E-state index is 10.7. The van der Waals surface area contributed by atoms with E-state index in [-0.39, 0.29) is 5.69 Å². The van der Waals surface area contributed by atoms with E-state index < -0.39 is 4.92 Å². The summed E-state index contributed by atoms with van der Waals surface area (Å²) in [7, 11) is 0. The molecule has 2 rings (SSSR count). The minimum Gasteiger partial charge on any atom is -0.309 e. The SMILES string of the molecule is O=[N+]([O-])c1cccc(CNCc2ccc(Br)cc2Cl)c1. The number of nitro benzene ring substituents is 1. The first-order chi connectivity index (χ1) is 9.56. The number of nitrogens with zero attached hydrogens (tertiary/aromatic N) is 1. The normalized spacial score (nSPS) is 10.5. The Balaban J connectivity index is 1.96. The van der Waals surface area contributed by atoms with Gasteiger partial charge < -0.3 is 5.32 Å². The molecule has 20 heavy (non-hydrogen) atoms. The van der Waals surface area contributed by atoms with E-state index in [4.69, 9.17) is 11.6 Å². The van der Waals surface area contributed by atoms with Crippen molar-refractivity contribution in [3.8, 4) is 0 Å². The lowest BCUT2D eigenvalue weighted by Crippen LogP contribution is -2.13. The molecule has 0 aromatic heterocycles. The highest BCUT2D eigenvalue weighted by atomic mass is 79.9. The molecule has 0 fully saturated rings. The zero-order valence-corrected chi connectivity index (χ0v) is 12.8. The molecule has 0 saturated heterocycles. The largest absolute Gasteiger partial charge is 0.309 e. The smallest absolute Gasteiger partial charge is 0.269 e. The predicted molar refractivity (Wildman–Crippen MR) is 82.8 cm³/mol. The first-order valence-corrected chi connectivity index (χ1v) is 7.11. The highest BCUT2D eigenvalue weighted by Crippen LogP contribution is 2.21. The van der Waals surface area contributed by atoms with Crippen molar-refractivity contribution in [2.75, 3.05) is 0 Å². The maximum Gasteiger partial charge on any atom is 0.269 e. The average Bonchev–Trinajstić information content (AvgIpc) is 2.41. The first-order valence-electron chi connectivity index (χ1n) is 5.94. The zero-order valence-electron chi connectivity index (χ0n) is 10.5. The minimum atomic E-state index is -0.394. The summed E-state index contributed by atoms with van der Waals surface area (Å²) in [5.41, 5.74) is 1.96. The predicted octanol–water partition coefficient (Wildman–Crippen LogP) is 4.30. The minimum absolute atomic E-state index is 0.103. The molecule has 0 aliphatic carbocycles. The molecular formula is C14H12BrClN2O2. The van der Waals surface area contributed by atoms with Crippen molar-refractivity contribution in [2.24, 2.45) is 0 Å². The van der Waals surface area contributed by atoms with E-state index in [1.54, 1.807) is 12.1 Å². The number of nitrogens with one attached hydrogen (secondary N) is 1. The number of halogens is 2. The molecule has 0 saturated carbocycles. The molecule has 0 amide bonds. The number of non-ortho nitro benzene ring substituents is 1. The second kappa shape index (κ2) is 6.83. The third kappa shape index (κ3) is 4.03. The molecule has 0 aliphatic heterocycles. The number of nitro groups is 1. The third-order valence-corrected chi connectivity index (χ3v) is 3.63. The summed E-state index contributed by atoms with van der Waals surface area (Å²) in [4.78, 5) is 10.3. The lowest BCUT2D eigenvalue weighted by atomic mass is 10.2. The molecule has 0 aliphatic rings. The van der Waals surface area contributed by atoms with Gasteiger partial charge in [0.05, 0.1) is 4.92 Å². The van der Waals surface area contributed by atoms with E-state index in [0.29, 0.717) is 18.1 Å². The molecule has 0 bridgehead atoms. The van der Waals surface area contributed by atoms with Gasteiger partial charge in [-0.1, -0.05) is 45.7 Å². The Morgan fingerprint density at radius 2 is 2.00 bits per heavy atom. The van der Waals surface area contributed by atoms with E-state index >= 15 is 0 Å². The number of hydrogen-bond donors (Lipinski definition) is 1. The van der Waals surface area contributed by atoms with Gasteiger partial charge in [0.2, 0.25) is 0 Å². The van der Waals surface area contributed by atoms with Gasteiger partial charge >= 0.3 is 0 Å². The van der Waals surface area contributed by atoms with Crippen molar-refractivity contribution >= 4 is 33.2 Å². The average molecular weight is 356 g/mol. The quantitative estimate of drug-likeness (QED) is 0.642. The molecule has 0 unspecified atom stereocenters. The molecule has 0 radical (unpaired) electrons. The van der Waals surface area contributed by atoms with Crippen LogP contribution in [0.3, 0.4) is 0 Å². The van der Waals surface area contributed by atoms with Crippen molar-refractivity contribution in [3.05, 3.63) is 73.2 Å². The Labute approximate surface area is 130 Å². The topological polar surface area (TPSA) is 55.2 Å². The summed E-state index contributed by atoms with van der Waals surface area (Å²) in [6.07, 6.45) is 0. The van der Waals surface area contributed by atoms with Crippen LogP contribution in [0.1, 0.15) is 11.1 Å². The van der Waals surface area contributed by atoms with Crippen LogP contribution in [-0.2, 0) is 13.1 Å². The van der Waals surface area contributed by atoms with Crippen molar-refractivity contribution in [1.82, 2.24) is 5.32 Å². The van der Waals surface area contributed by atoms with Crippen LogP contribution < -0.4 is 5.32 Å². The Morgan fingerprint density at radius 1 is 1.20 bits per heavy atom. The van der Waals surface area contributed by atoms with E-state index in [1.165, 1.54) is 6.07 Å². The number of benzene rings is 2. The highest BCUT2D eigenvalue weighted by Gasteiger charge is 2.06. The molecule has 0 spiro atoms. The van der Waals surface area contributed by atoms with Gasteiger partial charge in [0, 0.05) is 34.7 Å². The van der Waals surface area contributed by atoms with Gasteiger partial charge in [-0.25, -0.2) is 0 Å². The molecule has 4 nitrogen and oxygen atoms in total. The van der Waals surface area contributed by atoms with E-state index in [9.17, 15) is 10.1 Å². The standard InChI is InChI=1S/C14H12BrClN2O2/c15-12-5-4-11(14(16)7-12)9-17-8-10-2-1-3-13(6-10)18(19)20/h1-7,17H,8-9H2. The summed E-state index contributed by atoms with van der Waals surface area (Å²) < 4.78 is 0.935. The molecule has 2 aromatic rings. The summed E-state index contributed by atoms with van der Waals surface area (Å²) in [5.74, 6) is 0. The second-order valence-corrected chi connectivity index (χ2v) is 5.59. The van der Waals surface area contributed by atoms with Crippen LogP contribution in [0.15, 0.2) is 46.9 Å². The first kappa shape index (κ1) is 15.0. The van der Waals surface area contributed by atoms with Crippen molar-refractivity contribution in [3.63, 3.8) is 0 Å². The van der Waals surface area contributed by atoms with E-state index in [1.807, 2.05) is 24.3 Å². The Hall–Kier alpha value is -1.43. The van der Waals surface area contributed by atoms with Gasteiger partial charge in [-0.05, 0) is 23.3 Å². The van der Waals surface area contributed by atoms with Gasteiger partial charge in [-0.15, -0.1) is 0 Å². The Kier molecular flexibility index (Phi) is 5.11. The zero-order chi connectivity index (χ0) is 14.5. The van der Waals surface area contributed by atoms with Crippen LogP contribution in [0.5, 0.6) is 0 Å². The van der Waals surface area contributed by atoms with Gasteiger partial charge in [0.15, 0.2) is 0 Å². The van der Waals surface area contributed by atoms with Crippen LogP contribution in [0, 0.1) is 10.1 Å². The molecule has 0 atom stereocenters. The molecule has 104 valence electrons. The summed E-state index contributed by atoms with van der Waals surface area (Å²) >= 11 is 9.47. The van der Waals surface area contributed by atoms with Gasteiger partial charge in [-0.3, -0.25) is 10.1 Å². The fraction of sp³-hybridized carbons (Fsp3) is 0.143. The lowest BCUT2D eigenvalue weighted by Gasteiger charge is -2.07. The van der Waals surface area contributed by atoms with Crippen molar-refractivity contribution in [1.29, 1.82) is 0 Å². The monoisotopic (exact) mass is 354 g/mol. The van der Waals surface area contributed by atoms with E-state index in [0.717, 1.165) is 15.6 Å². The Morgan fingerprint density at radius 3 is 2.70 bits per heavy atom. The third-order valence-electron chi connectivity index (χ3n) is 2.78. The molecule has 6 heteroatoms. The van der Waals surface area contributed by atoms with Crippen LogP contribution >= 0.6 is 27.5 Å². The van der Waals surface area contributed by atoms with Gasteiger partial charge in [0.1, 0.15) is 0 Å². The fourth-order valence-electron chi connectivity index (χ4n) is 1.79. The lowest BCUT2D eigenvalue weighted by molar-refractivity contribution is -0.384. The molecule has 2 aromatic carbocycles. The Bertz CT molecular complexity index is 634. The second-order valence-electron chi connectivity index (χ2n) is 4.27. The van der Waals surface area contributed by atoms with Gasteiger partial charge in [-0.2, -0.15) is 0 Å². The van der Waals surface area contributed by atoms with E-state index in [2.05, 4.69) is 21.2 Å². The maximum absolute atomic E-state index is 10.7. The molecule has 0 heterocycles. The molecule has 1 N–H and O–H groups in total. The molecular weight excluding hydrogens is 344 g/mol. The van der Waals surface area contributed by atoms with Crippen molar-refractivity contribution < 1.29 is 4.92 Å². The fourth-order valence-corrected chi connectivity index (χ4v) is 2.53. The summed E-state index contributed by atoms with van der Waals surface area (Å²) in [6, 6.07) is 12.3. The van der Waals surface area contributed by atoms with Crippen LogP contribution in [0.4, 0.5) is 5.69 Å². The van der Waals surface area contributed by atoms with Crippen LogP contribution in [-0.4, -0.2) is 4.92 Å². The van der Waals surface area contributed by atoms with Crippen molar-refractivity contribution in [2.45, 2.75) is 13.1 Å². The number of rotatable bonds is 5. The number of hydrogen-bond acceptors (Lipinski definition) is 3. The highest BCUT2D eigenvalue weighted by molar-refractivity contribution is 9.10. The van der Waals surface area contributed by atoms with Gasteiger partial charge in [0.25, 0.3) is 5.69 Å².